The second-order valence-electron chi connectivity index (χ2n) is 9.17. The van der Waals surface area contributed by atoms with Crippen molar-refractivity contribution in [3.63, 3.8) is 0 Å². The van der Waals surface area contributed by atoms with Crippen molar-refractivity contribution < 1.29 is 13.2 Å². The van der Waals surface area contributed by atoms with Crippen LogP contribution in [0.1, 0.15) is 26.7 Å². The normalized spacial score (nSPS) is 12.2. The van der Waals surface area contributed by atoms with Crippen LogP contribution in [0.25, 0.3) is 10.8 Å². The molecule has 0 saturated heterocycles. The minimum absolute atomic E-state index is 0.0185. The van der Waals surface area contributed by atoms with Crippen LogP contribution in [0.15, 0.2) is 63.1 Å². The van der Waals surface area contributed by atoms with Crippen LogP contribution < -0.4 is 16.1 Å². The highest BCUT2D eigenvalue weighted by atomic mass is 32.2. The van der Waals surface area contributed by atoms with Crippen molar-refractivity contribution in [2.75, 3.05) is 31.4 Å². The van der Waals surface area contributed by atoms with E-state index in [4.69, 9.17) is 4.74 Å². The summed E-state index contributed by atoms with van der Waals surface area (Å²) in [6.07, 6.45) is 2.66. The summed E-state index contributed by atoms with van der Waals surface area (Å²) < 4.78 is 33.5. The number of nitrogens with one attached hydrogen (secondary N) is 1. The zero-order chi connectivity index (χ0) is 24.2. The first kappa shape index (κ1) is 24.7. The molecule has 0 aliphatic rings. The van der Waals surface area contributed by atoms with Gasteiger partial charge in [0.25, 0.3) is 5.56 Å². The van der Waals surface area contributed by atoms with Gasteiger partial charge in [0.2, 0.25) is 0 Å². The van der Waals surface area contributed by atoms with Crippen LogP contribution in [0, 0.1) is 5.41 Å². The Bertz CT molecular complexity index is 1340. The van der Waals surface area contributed by atoms with Gasteiger partial charge in [0.1, 0.15) is 6.73 Å². The van der Waals surface area contributed by atoms with E-state index >= 15 is 0 Å². The van der Waals surface area contributed by atoms with E-state index in [-0.39, 0.29) is 12.5 Å². The number of benzene rings is 2. The number of hydrogen-bond acceptors (Lipinski definition) is 6. The van der Waals surface area contributed by atoms with Crippen LogP contribution in [0.2, 0.25) is 0 Å². The third-order valence-corrected chi connectivity index (χ3v) is 7.71. The Morgan fingerprint density at radius 1 is 1.03 bits per heavy atom. The maximum atomic E-state index is 13.4. The van der Waals surface area contributed by atoms with Crippen molar-refractivity contribution in [1.82, 2.24) is 9.55 Å². The molecule has 3 rings (SSSR count). The fourth-order valence-corrected chi connectivity index (χ4v) is 6.08. The van der Waals surface area contributed by atoms with Gasteiger partial charge >= 0.3 is 5.69 Å². The lowest BCUT2D eigenvalue weighted by Gasteiger charge is -2.25. The van der Waals surface area contributed by atoms with Crippen molar-refractivity contribution in [3.8, 4) is 0 Å². The quantitative estimate of drug-likeness (QED) is 0.454. The minimum atomic E-state index is -3.52. The molecular weight excluding hydrogens is 442 g/mol. The van der Waals surface area contributed by atoms with E-state index in [1.54, 1.807) is 12.1 Å². The standard InChI is InChI=1S/C24H31N3O5S/c1-24(2,13-7-15-32-17-27-14-12-22(28)25-23(27)29)16-33(30,31)21-11-6-8-18-19(21)9-5-10-20(18)26(3)4/h5-6,8-12,14H,7,13,15-17H2,1-4H3,(H,25,28,29). The number of anilines is 1. The van der Waals surface area contributed by atoms with Crippen molar-refractivity contribution in [1.29, 1.82) is 0 Å². The molecule has 1 aromatic heterocycles. The van der Waals surface area contributed by atoms with Gasteiger partial charge in [-0.1, -0.05) is 38.1 Å². The second kappa shape index (κ2) is 9.93. The van der Waals surface area contributed by atoms with Gasteiger partial charge in [0, 0.05) is 49.4 Å². The Hall–Kier alpha value is -2.91. The zero-order valence-corrected chi connectivity index (χ0v) is 20.3. The van der Waals surface area contributed by atoms with E-state index in [2.05, 4.69) is 4.98 Å². The fourth-order valence-electron chi connectivity index (χ4n) is 3.95. The molecule has 2 aromatic carbocycles. The van der Waals surface area contributed by atoms with Crippen LogP contribution in [0.3, 0.4) is 0 Å². The van der Waals surface area contributed by atoms with Gasteiger partial charge in [-0.25, -0.2) is 13.2 Å². The lowest BCUT2D eigenvalue weighted by Crippen LogP contribution is -2.29. The van der Waals surface area contributed by atoms with Crippen LogP contribution in [-0.4, -0.2) is 44.4 Å². The number of aromatic amines is 1. The summed E-state index contributed by atoms with van der Waals surface area (Å²) in [7, 11) is 0.357. The number of hydrogen-bond donors (Lipinski definition) is 1. The first-order chi connectivity index (χ1) is 15.5. The van der Waals surface area contributed by atoms with Gasteiger partial charge in [-0.05, 0) is 30.4 Å². The van der Waals surface area contributed by atoms with Gasteiger partial charge in [0.05, 0.1) is 10.6 Å². The predicted octanol–water partition coefficient (Wildman–Crippen LogP) is 3.01. The third kappa shape index (κ3) is 6.11. The smallest absolute Gasteiger partial charge is 0.330 e. The molecule has 178 valence electrons. The summed E-state index contributed by atoms with van der Waals surface area (Å²) in [4.78, 5) is 27.3. The Labute approximate surface area is 193 Å². The lowest BCUT2D eigenvalue weighted by atomic mass is 9.90. The molecule has 3 aromatic rings. The molecule has 8 nitrogen and oxygen atoms in total. The van der Waals surface area contributed by atoms with E-state index < -0.39 is 26.5 Å². The van der Waals surface area contributed by atoms with E-state index in [0.717, 1.165) is 16.5 Å². The highest BCUT2D eigenvalue weighted by molar-refractivity contribution is 7.91. The Morgan fingerprint density at radius 3 is 2.42 bits per heavy atom. The highest BCUT2D eigenvalue weighted by Gasteiger charge is 2.28. The monoisotopic (exact) mass is 473 g/mol. The van der Waals surface area contributed by atoms with Crippen LogP contribution in [-0.2, 0) is 21.3 Å². The number of ether oxygens (including phenoxy) is 1. The summed E-state index contributed by atoms with van der Waals surface area (Å²) in [5.41, 5.74) is -0.467. The topological polar surface area (TPSA) is 101 Å². The second-order valence-corrected chi connectivity index (χ2v) is 11.1. The molecule has 9 heteroatoms. The molecule has 0 aliphatic heterocycles. The average Bonchev–Trinajstić information content (AvgIpc) is 2.73. The highest BCUT2D eigenvalue weighted by Crippen LogP contribution is 2.34. The number of fused-ring (bicyclic) bond motifs is 1. The number of nitrogens with zero attached hydrogens (tertiary/aromatic N) is 2. The molecule has 0 fully saturated rings. The number of sulfone groups is 1. The molecule has 0 atom stereocenters. The predicted molar refractivity (Wildman–Crippen MR) is 131 cm³/mol. The summed E-state index contributed by atoms with van der Waals surface area (Å²) in [6, 6.07) is 12.4. The molecule has 1 N–H and O–H groups in total. The van der Waals surface area contributed by atoms with Gasteiger partial charge in [-0.15, -0.1) is 0 Å². The van der Waals surface area contributed by atoms with E-state index in [0.29, 0.717) is 24.3 Å². The van der Waals surface area contributed by atoms with Gasteiger partial charge in [-0.2, -0.15) is 0 Å². The van der Waals surface area contributed by atoms with E-state index in [9.17, 15) is 18.0 Å². The van der Waals surface area contributed by atoms with Crippen LogP contribution >= 0.6 is 0 Å². The molecular formula is C24H31N3O5S. The lowest BCUT2D eigenvalue weighted by molar-refractivity contribution is 0.0663. The molecule has 0 aliphatic carbocycles. The molecule has 1 heterocycles. The SMILES string of the molecule is CN(C)c1cccc2c(S(=O)(=O)CC(C)(C)CCCOCn3ccc(=O)[nH]c3=O)cccc12. The first-order valence-electron chi connectivity index (χ1n) is 10.8. The molecule has 0 unspecified atom stereocenters. The largest absolute Gasteiger partial charge is 0.377 e. The average molecular weight is 474 g/mol. The van der Waals surface area contributed by atoms with Crippen LogP contribution in [0.5, 0.6) is 0 Å². The van der Waals surface area contributed by atoms with Gasteiger partial charge in [0.15, 0.2) is 9.84 Å². The van der Waals surface area contributed by atoms with Crippen molar-refractivity contribution in [3.05, 3.63) is 69.5 Å². The maximum absolute atomic E-state index is 13.4. The van der Waals surface area contributed by atoms with Crippen LogP contribution in [0.4, 0.5) is 5.69 Å². The molecule has 0 amide bonds. The Balaban J connectivity index is 1.65. The van der Waals surface area contributed by atoms with Gasteiger partial charge in [-0.3, -0.25) is 14.3 Å². The summed E-state index contributed by atoms with van der Waals surface area (Å²) in [6.45, 7) is 4.27. The summed E-state index contributed by atoms with van der Waals surface area (Å²) in [5, 5.41) is 1.64. The molecule has 33 heavy (non-hydrogen) atoms. The van der Waals surface area contributed by atoms with E-state index in [1.165, 1.54) is 16.8 Å². The molecule has 0 radical (unpaired) electrons. The zero-order valence-electron chi connectivity index (χ0n) is 19.5. The minimum Gasteiger partial charge on any atom is -0.377 e. The Kier molecular flexibility index (Phi) is 7.44. The Morgan fingerprint density at radius 2 is 1.73 bits per heavy atom. The number of rotatable bonds is 10. The summed E-state index contributed by atoms with van der Waals surface area (Å²) >= 11 is 0. The third-order valence-electron chi connectivity index (χ3n) is 5.53. The molecule has 0 bridgehead atoms. The first-order valence-corrected chi connectivity index (χ1v) is 12.4. The fraction of sp³-hybridized carbons (Fsp3) is 0.417. The van der Waals surface area contributed by atoms with E-state index in [1.807, 2.05) is 57.1 Å². The van der Waals surface area contributed by atoms with Crippen molar-refractivity contribution in [2.24, 2.45) is 5.41 Å². The number of H-pyrrole nitrogens is 1. The molecule has 0 saturated carbocycles. The van der Waals surface area contributed by atoms with Gasteiger partial charge < -0.3 is 9.64 Å². The van der Waals surface area contributed by atoms with Crippen molar-refractivity contribution in [2.45, 2.75) is 38.3 Å². The summed E-state index contributed by atoms with van der Waals surface area (Å²) in [5.74, 6) is 0.0185. The maximum Gasteiger partial charge on any atom is 0.330 e. The number of aromatic nitrogens is 2. The van der Waals surface area contributed by atoms with Crippen molar-refractivity contribution >= 4 is 26.3 Å². The molecule has 0 spiro atoms.